The normalized spacial score (nSPS) is 18.1. The van der Waals surface area contributed by atoms with E-state index in [0.717, 1.165) is 12.8 Å². The van der Waals surface area contributed by atoms with Gasteiger partial charge in [-0.15, -0.1) is 0 Å². The van der Waals surface area contributed by atoms with E-state index in [-0.39, 0.29) is 0 Å². The van der Waals surface area contributed by atoms with Gasteiger partial charge < -0.3 is 10.2 Å². The van der Waals surface area contributed by atoms with E-state index < -0.39 is 11.2 Å². The monoisotopic (exact) mass is 254 g/mol. The smallest absolute Gasteiger partial charge is 0.122 e. The minimum absolute atomic E-state index is 0.555. The zero-order chi connectivity index (χ0) is 14.4. The quantitative estimate of drug-likeness (QED) is 0.714. The van der Waals surface area contributed by atoms with Crippen molar-refractivity contribution in [1.82, 2.24) is 0 Å². The summed E-state index contributed by atoms with van der Waals surface area (Å²) in [6, 6.07) is 0. The minimum Gasteiger partial charge on any atom is -0.378 e. The highest BCUT2D eigenvalue weighted by atomic mass is 16.3. The highest BCUT2D eigenvalue weighted by Gasteiger charge is 2.21. The molecule has 0 amide bonds. The topological polar surface area (TPSA) is 40.5 Å². The third-order valence-corrected chi connectivity index (χ3v) is 3.02. The Balaban J connectivity index is 4.42. The van der Waals surface area contributed by atoms with Gasteiger partial charge in [0.05, 0.1) is 0 Å². The molecule has 0 aliphatic heterocycles. The molecular formula is C16H30O2. The Morgan fingerprint density at radius 1 is 0.778 bits per heavy atom. The van der Waals surface area contributed by atoms with Crippen LogP contribution < -0.4 is 0 Å². The summed E-state index contributed by atoms with van der Waals surface area (Å²) < 4.78 is 0. The summed E-state index contributed by atoms with van der Waals surface area (Å²) in [5.74, 6) is 6.78. The van der Waals surface area contributed by atoms with Crippen LogP contribution in [-0.2, 0) is 0 Å². The molecule has 0 unspecified atom stereocenters. The van der Waals surface area contributed by atoms with Crippen molar-refractivity contribution >= 4 is 0 Å². The Bertz CT molecular complexity index is 262. The lowest BCUT2D eigenvalue weighted by atomic mass is 9.92. The van der Waals surface area contributed by atoms with Gasteiger partial charge in [-0.05, 0) is 51.4 Å². The van der Waals surface area contributed by atoms with Crippen LogP contribution >= 0.6 is 0 Å². The van der Waals surface area contributed by atoms with Crippen LogP contribution in [0.5, 0.6) is 0 Å². The third kappa shape index (κ3) is 9.50. The number of rotatable bonds is 6. The maximum absolute atomic E-state index is 10.1. The minimum atomic E-state index is -0.994. The molecule has 0 radical (unpaired) electrons. The Morgan fingerprint density at radius 3 is 1.28 bits per heavy atom. The molecule has 0 spiro atoms. The Labute approximate surface area is 113 Å². The first kappa shape index (κ1) is 17.5. The maximum atomic E-state index is 10.1. The van der Waals surface area contributed by atoms with Gasteiger partial charge in [0, 0.05) is 0 Å². The average Bonchev–Trinajstić information content (AvgIpc) is 2.22. The fourth-order valence-corrected chi connectivity index (χ4v) is 1.53. The molecule has 0 fully saturated rings. The molecule has 0 aromatic heterocycles. The van der Waals surface area contributed by atoms with Crippen LogP contribution in [0.2, 0.25) is 0 Å². The van der Waals surface area contributed by atoms with Crippen molar-refractivity contribution in [3.63, 3.8) is 0 Å². The van der Waals surface area contributed by atoms with Crippen LogP contribution in [0.4, 0.5) is 0 Å². The highest BCUT2D eigenvalue weighted by Crippen LogP contribution is 2.18. The van der Waals surface area contributed by atoms with Gasteiger partial charge in [0.2, 0.25) is 0 Å². The molecule has 2 atom stereocenters. The largest absolute Gasteiger partial charge is 0.378 e. The standard InChI is InChI=1S/C16H30O2/c1-13(2)7-9-15(5,17)11-12-16(6,18)10-8-14(3)4/h13-14,17-18H,7-10H2,1-6H3/t15-,16-/m1/s1. The predicted octanol–water partition coefficient (Wildman–Crippen LogP) is 3.36. The van der Waals surface area contributed by atoms with Gasteiger partial charge in [-0.2, -0.15) is 0 Å². The summed E-state index contributed by atoms with van der Waals surface area (Å²) in [5.41, 5.74) is -1.99. The zero-order valence-corrected chi connectivity index (χ0v) is 12.9. The summed E-state index contributed by atoms with van der Waals surface area (Å²) in [4.78, 5) is 0. The predicted molar refractivity (Wildman–Crippen MR) is 77.2 cm³/mol. The summed E-state index contributed by atoms with van der Waals surface area (Å²) in [6.07, 6.45) is 3.18. The second kappa shape index (κ2) is 7.16. The molecule has 0 aromatic rings. The molecule has 0 aliphatic rings. The Kier molecular flexibility index (Phi) is 6.96. The van der Waals surface area contributed by atoms with E-state index in [9.17, 15) is 10.2 Å². The van der Waals surface area contributed by atoms with Crippen molar-refractivity contribution in [2.24, 2.45) is 11.8 Å². The molecule has 18 heavy (non-hydrogen) atoms. The van der Waals surface area contributed by atoms with E-state index >= 15 is 0 Å². The number of hydrogen-bond acceptors (Lipinski definition) is 2. The van der Waals surface area contributed by atoms with E-state index in [0.29, 0.717) is 24.7 Å². The second-order valence-corrected chi connectivity index (χ2v) is 6.66. The number of hydrogen-bond donors (Lipinski definition) is 2. The molecule has 0 aromatic carbocycles. The first-order chi connectivity index (χ1) is 8.04. The van der Waals surface area contributed by atoms with Gasteiger partial charge >= 0.3 is 0 Å². The van der Waals surface area contributed by atoms with Crippen LogP contribution in [-0.4, -0.2) is 21.4 Å². The Hall–Kier alpha value is -0.520. The molecule has 0 saturated carbocycles. The Morgan fingerprint density at radius 2 is 1.06 bits per heavy atom. The number of aliphatic hydroxyl groups is 2. The molecule has 0 bridgehead atoms. The van der Waals surface area contributed by atoms with Crippen molar-refractivity contribution in [1.29, 1.82) is 0 Å². The first-order valence-corrected chi connectivity index (χ1v) is 7.03. The van der Waals surface area contributed by atoms with Gasteiger partial charge in [-0.25, -0.2) is 0 Å². The van der Waals surface area contributed by atoms with E-state index in [1.165, 1.54) is 0 Å². The molecule has 106 valence electrons. The summed E-state index contributed by atoms with van der Waals surface area (Å²) in [6.45, 7) is 12.0. The van der Waals surface area contributed by atoms with Crippen molar-refractivity contribution in [2.75, 3.05) is 0 Å². The van der Waals surface area contributed by atoms with Crippen molar-refractivity contribution in [3.8, 4) is 11.8 Å². The van der Waals surface area contributed by atoms with E-state index in [2.05, 4.69) is 39.5 Å². The molecule has 0 rings (SSSR count). The lowest BCUT2D eigenvalue weighted by Gasteiger charge is -2.21. The molecular weight excluding hydrogens is 224 g/mol. The SMILES string of the molecule is CC(C)CC[C@@](C)(O)C#C[C@](C)(O)CCC(C)C. The van der Waals surface area contributed by atoms with Gasteiger partial charge in [-0.1, -0.05) is 39.5 Å². The average molecular weight is 254 g/mol. The molecule has 0 heterocycles. The van der Waals surface area contributed by atoms with Crippen molar-refractivity contribution < 1.29 is 10.2 Å². The van der Waals surface area contributed by atoms with E-state index in [4.69, 9.17) is 0 Å². The molecule has 0 saturated heterocycles. The van der Waals surface area contributed by atoms with Crippen LogP contribution in [0.1, 0.15) is 67.2 Å². The zero-order valence-electron chi connectivity index (χ0n) is 12.9. The summed E-state index contributed by atoms with van der Waals surface area (Å²) in [5, 5.41) is 20.2. The van der Waals surface area contributed by atoms with E-state index in [1.54, 1.807) is 13.8 Å². The molecule has 2 nitrogen and oxygen atoms in total. The van der Waals surface area contributed by atoms with Gasteiger partial charge in [0.25, 0.3) is 0 Å². The van der Waals surface area contributed by atoms with Crippen molar-refractivity contribution in [3.05, 3.63) is 0 Å². The summed E-state index contributed by atoms with van der Waals surface area (Å²) in [7, 11) is 0. The van der Waals surface area contributed by atoms with Gasteiger partial charge in [0.1, 0.15) is 11.2 Å². The van der Waals surface area contributed by atoms with Gasteiger partial charge in [-0.3, -0.25) is 0 Å². The third-order valence-electron chi connectivity index (χ3n) is 3.02. The highest BCUT2D eigenvalue weighted by molar-refractivity contribution is 5.19. The van der Waals surface area contributed by atoms with Crippen LogP contribution in [0.25, 0.3) is 0 Å². The van der Waals surface area contributed by atoms with Crippen LogP contribution in [0.15, 0.2) is 0 Å². The maximum Gasteiger partial charge on any atom is 0.122 e. The fourth-order valence-electron chi connectivity index (χ4n) is 1.53. The lowest BCUT2D eigenvalue weighted by Crippen LogP contribution is -2.26. The van der Waals surface area contributed by atoms with Gasteiger partial charge in [0.15, 0.2) is 0 Å². The van der Waals surface area contributed by atoms with E-state index in [1.807, 2.05) is 0 Å². The fraction of sp³-hybridized carbons (Fsp3) is 0.875. The molecule has 2 heteroatoms. The molecule has 2 N–H and O–H groups in total. The summed E-state index contributed by atoms with van der Waals surface area (Å²) >= 11 is 0. The lowest BCUT2D eigenvalue weighted by molar-refractivity contribution is 0.0936. The van der Waals surface area contributed by atoms with Crippen LogP contribution in [0.3, 0.4) is 0 Å². The van der Waals surface area contributed by atoms with Crippen molar-refractivity contribution in [2.45, 2.75) is 78.4 Å². The first-order valence-electron chi connectivity index (χ1n) is 7.03. The second-order valence-electron chi connectivity index (χ2n) is 6.66. The molecule has 0 aliphatic carbocycles. The van der Waals surface area contributed by atoms with Crippen LogP contribution in [0, 0.1) is 23.7 Å².